The van der Waals surface area contributed by atoms with E-state index in [-0.39, 0.29) is 61.5 Å². The number of rotatable bonds is 10. The first-order chi connectivity index (χ1) is 24.3. The molecule has 0 radical (unpaired) electrons. The summed E-state index contributed by atoms with van der Waals surface area (Å²) in [5, 5.41) is 15.3. The zero-order valence-electron chi connectivity index (χ0n) is 27.5. The van der Waals surface area contributed by atoms with E-state index in [0.717, 1.165) is 23.8 Å². The maximum Gasteiger partial charge on any atom is 0.416 e. The molecule has 4 aromatic carbocycles. The van der Waals surface area contributed by atoms with Crippen molar-refractivity contribution in [3.63, 3.8) is 0 Å². The lowest BCUT2D eigenvalue weighted by atomic mass is 10.0. The monoisotopic (exact) mass is 799 g/mol. The number of hydrogen-bond acceptors (Lipinski definition) is 9. The molecule has 1 aromatic heterocycles. The van der Waals surface area contributed by atoms with Gasteiger partial charge in [-0.3, -0.25) is 14.9 Å². The normalized spacial score (nSPS) is 11.3. The first kappa shape index (κ1) is 39.9. The van der Waals surface area contributed by atoms with Crippen molar-refractivity contribution in [3.05, 3.63) is 132 Å². The Kier molecular flexibility index (Phi) is 12.5. The Morgan fingerprint density at radius 2 is 1.60 bits per heavy atom. The lowest BCUT2D eigenvalue weighted by molar-refractivity contribution is -0.385. The number of benzene rings is 4. The number of alkyl halides is 3. The minimum Gasteiger partial charge on any atom is -0.487 e. The van der Waals surface area contributed by atoms with Crippen molar-refractivity contribution in [2.24, 2.45) is 7.05 Å². The SMILES string of the molecule is CCOc1cc(Oc2ccc(C(F)(F)F)cc2Cl)ccc1[N+](=O)[O-].Cc1ccc(S(=O)(=O)Oc2c(C(=O)c3ccc(Cl)cc3Cl)c(C)nn2C)cc1. The molecular weight excluding hydrogens is 774 g/mol. The molecule has 0 unspecified atom stereocenters. The molecule has 0 amide bonds. The maximum atomic E-state index is 13.0. The van der Waals surface area contributed by atoms with Gasteiger partial charge >= 0.3 is 22.0 Å². The third-order valence-electron chi connectivity index (χ3n) is 6.99. The molecule has 0 saturated carbocycles. The number of halogens is 6. The van der Waals surface area contributed by atoms with Gasteiger partial charge in [0.2, 0.25) is 17.4 Å². The number of carbonyl (C=O) groups excluding carboxylic acids is 1. The van der Waals surface area contributed by atoms with Crippen molar-refractivity contribution in [2.75, 3.05) is 6.61 Å². The van der Waals surface area contributed by atoms with Crippen LogP contribution in [0.25, 0.3) is 0 Å². The van der Waals surface area contributed by atoms with E-state index in [4.69, 9.17) is 48.5 Å². The first-order valence-electron chi connectivity index (χ1n) is 14.8. The molecule has 0 bridgehead atoms. The quantitative estimate of drug-likeness (QED) is 0.0584. The molecular formula is C34H27Cl3F3N3O8S. The first-order valence-corrected chi connectivity index (χ1v) is 17.4. The Hall–Kier alpha value is -4.83. The molecule has 0 aliphatic rings. The summed E-state index contributed by atoms with van der Waals surface area (Å²) < 4.78 is 80.2. The summed E-state index contributed by atoms with van der Waals surface area (Å²) in [5.41, 5.74) is 0.250. The Morgan fingerprint density at radius 3 is 2.17 bits per heavy atom. The van der Waals surface area contributed by atoms with Crippen LogP contribution in [-0.2, 0) is 23.3 Å². The minimum atomic E-state index is -4.52. The number of hydrogen-bond donors (Lipinski definition) is 0. The summed E-state index contributed by atoms with van der Waals surface area (Å²) in [7, 11) is -2.67. The second-order valence-corrected chi connectivity index (χ2v) is 13.6. The van der Waals surface area contributed by atoms with Crippen molar-refractivity contribution >= 4 is 56.4 Å². The van der Waals surface area contributed by atoms with E-state index in [9.17, 15) is 36.5 Å². The molecule has 52 heavy (non-hydrogen) atoms. The molecule has 0 aliphatic carbocycles. The third kappa shape index (κ3) is 9.53. The summed E-state index contributed by atoms with van der Waals surface area (Å²) >= 11 is 17.8. The standard InChI is InChI=1S/C19H16Cl2N2O4S.C15H11ClF3NO4/c1-11-4-7-14(8-5-11)28(25,26)27-19-17(12(2)22-23(19)3)18(24)15-9-6-13(20)10-16(15)21;1-2-23-14-8-10(4-5-12(14)20(21)22)24-13-6-3-9(7-11(13)16)15(17,18)19/h4-10H,1-3H3;3-8H,2H2,1H3. The number of ether oxygens (including phenoxy) is 2. The largest absolute Gasteiger partial charge is 0.487 e. The van der Waals surface area contributed by atoms with Gasteiger partial charge in [0, 0.05) is 29.8 Å². The van der Waals surface area contributed by atoms with Crippen LogP contribution in [0.15, 0.2) is 83.8 Å². The van der Waals surface area contributed by atoms with Crippen molar-refractivity contribution in [1.29, 1.82) is 0 Å². The van der Waals surface area contributed by atoms with Gasteiger partial charge in [0.05, 0.1) is 32.8 Å². The fourth-order valence-electron chi connectivity index (χ4n) is 4.53. The molecule has 0 aliphatic heterocycles. The Bertz CT molecular complexity index is 2250. The van der Waals surface area contributed by atoms with Gasteiger partial charge in [0.1, 0.15) is 22.0 Å². The average molecular weight is 801 g/mol. The van der Waals surface area contributed by atoms with E-state index >= 15 is 0 Å². The van der Waals surface area contributed by atoms with Crippen LogP contribution in [0.4, 0.5) is 18.9 Å². The smallest absolute Gasteiger partial charge is 0.416 e. The number of nitro groups is 1. The van der Waals surface area contributed by atoms with Crippen LogP contribution in [0.1, 0.15) is 39.7 Å². The number of ketones is 1. The minimum absolute atomic E-state index is 0.0111. The second kappa shape index (κ2) is 16.2. The fraction of sp³-hybridized carbons (Fsp3) is 0.176. The molecule has 5 rings (SSSR count). The highest BCUT2D eigenvalue weighted by atomic mass is 35.5. The summed E-state index contributed by atoms with van der Waals surface area (Å²) in [4.78, 5) is 23.3. The van der Waals surface area contributed by atoms with E-state index in [1.165, 1.54) is 60.3 Å². The van der Waals surface area contributed by atoms with Gasteiger partial charge in [-0.2, -0.15) is 26.7 Å². The lowest BCUT2D eigenvalue weighted by Gasteiger charge is -2.12. The summed E-state index contributed by atoms with van der Waals surface area (Å²) in [6.45, 7) is 5.28. The van der Waals surface area contributed by atoms with E-state index in [2.05, 4.69) is 5.10 Å². The Balaban J connectivity index is 0.000000236. The van der Waals surface area contributed by atoms with E-state index in [0.29, 0.717) is 10.7 Å². The molecule has 0 fully saturated rings. The highest BCUT2D eigenvalue weighted by Gasteiger charge is 2.31. The molecule has 11 nitrogen and oxygen atoms in total. The summed E-state index contributed by atoms with van der Waals surface area (Å²) in [6.07, 6.45) is -4.52. The molecule has 18 heteroatoms. The molecule has 1 heterocycles. The van der Waals surface area contributed by atoms with Crippen molar-refractivity contribution < 1.29 is 45.0 Å². The van der Waals surface area contributed by atoms with Crippen LogP contribution in [-0.4, -0.2) is 35.5 Å². The number of carbonyl (C=O) groups is 1. The van der Waals surface area contributed by atoms with Gasteiger partial charge < -0.3 is 13.7 Å². The molecule has 5 aromatic rings. The van der Waals surface area contributed by atoms with Crippen LogP contribution in [0.2, 0.25) is 15.1 Å². The molecule has 274 valence electrons. The molecule has 0 N–H and O–H groups in total. The average Bonchev–Trinajstić information content (AvgIpc) is 3.33. The highest BCUT2D eigenvalue weighted by molar-refractivity contribution is 7.87. The predicted molar refractivity (Wildman–Crippen MR) is 188 cm³/mol. The zero-order chi connectivity index (χ0) is 38.5. The number of nitro benzene ring substituents is 1. The predicted octanol–water partition coefficient (Wildman–Crippen LogP) is 9.80. The second-order valence-electron chi connectivity index (χ2n) is 10.8. The van der Waals surface area contributed by atoms with Gasteiger partial charge in [0.25, 0.3) is 0 Å². The van der Waals surface area contributed by atoms with Crippen LogP contribution < -0.4 is 13.7 Å². The molecule has 0 atom stereocenters. The van der Waals surface area contributed by atoms with E-state index < -0.39 is 32.6 Å². The molecule has 0 saturated heterocycles. The Morgan fingerprint density at radius 1 is 0.923 bits per heavy atom. The number of aryl methyl sites for hydroxylation is 3. The van der Waals surface area contributed by atoms with Crippen molar-refractivity contribution in [1.82, 2.24) is 9.78 Å². The number of nitrogens with zero attached hydrogens (tertiary/aromatic N) is 3. The number of aromatic nitrogens is 2. The third-order valence-corrected chi connectivity index (χ3v) is 9.06. The topological polar surface area (TPSA) is 140 Å². The van der Waals surface area contributed by atoms with E-state index in [1.54, 1.807) is 26.0 Å². The van der Waals surface area contributed by atoms with Crippen LogP contribution in [0.5, 0.6) is 23.1 Å². The van der Waals surface area contributed by atoms with Crippen LogP contribution in [0, 0.1) is 24.0 Å². The fourth-order valence-corrected chi connectivity index (χ4v) is 6.20. The van der Waals surface area contributed by atoms with Gasteiger partial charge in [-0.25, -0.2) is 4.68 Å². The molecule has 0 spiro atoms. The zero-order valence-corrected chi connectivity index (χ0v) is 30.6. The van der Waals surface area contributed by atoms with Gasteiger partial charge in [-0.05, 0) is 75.4 Å². The Labute approximate surface area is 310 Å². The van der Waals surface area contributed by atoms with Gasteiger partial charge in [-0.15, -0.1) is 0 Å². The van der Waals surface area contributed by atoms with Crippen molar-refractivity contribution in [3.8, 4) is 23.1 Å². The summed E-state index contributed by atoms with van der Waals surface area (Å²) in [6, 6.07) is 17.0. The van der Waals surface area contributed by atoms with Crippen LogP contribution >= 0.6 is 34.8 Å². The van der Waals surface area contributed by atoms with Gasteiger partial charge in [0.15, 0.2) is 0 Å². The highest BCUT2D eigenvalue weighted by Crippen LogP contribution is 2.38. The maximum absolute atomic E-state index is 13.0. The lowest BCUT2D eigenvalue weighted by Crippen LogP contribution is -2.15. The van der Waals surface area contributed by atoms with Gasteiger partial charge in [-0.1, -0.05) is 52.5 Å². The van der Waals surface area contributed by atoms with Crippen molar-refractivity contribution in [2.45, 2.75) is 31.8 Å². The summed E-state index contributed by atoms with van der Waals surface area (Å²) in [5.74, 6) is -0.579. The van der Waals surface area contributed by atoms with Crippen LogP contribution in [0.3, 0.4) is 0 Å². The van der Waals surface area contributed by atoms with E-state index in [1.807, 2.05) is 6.92 Å².